The minimum absolute atomic E-state index is 0.0980. The molecule has 1 rings (SSSR count). The van der Waals surface area contributed by atoms with E-state index in [-0.39, 0.29) is 19.4 Å². The van der Waals surface area contributed by atoms with Gasteiger partial charge in [-0.25, -0.2) is 0 Å². The number of aryl methyl sites for hydroxylation is 1. The molecular formula is C17H22O5. The number of carbonyl (C=O) groups excluding carboxylic acids is 2. The molecule has 0 aliphatic rings. The van der Waals surface area contributed by atoms with Crippen LogP contribution in [0, 0.1) is 12.3 Å². The number of allylic oxidation sites excluding steroid dienone is 1. The highest BCUT2D eigenvalue weighted by molar-refractivity contribution is 6.00. The summed E-state index contributed by atoms with van der Waals surface area (Å²) in [5.74, 6) is -1.30. The Morgan fingerprint density at radius 2 is 1.64 bits per heavy atom. The SMILES string of the molecule is COC(=O)C(C/C=C/CO)(Cc1ccc(C)cc1)C(=O)OC. The summed E-state index contributed by atoms with van der Waals surface area (Å²) in [5, 5.41) is 8.86. The summed E-state index contributed by atoms with van der Waals surface area (Å²) in [6, 6.07) is 7.56. The Labute approximate surface area is 130 Å². The van der Waals surface area contributed by atoms with Crippen molar-refractivity contribution in [1.82, 2.24) is 0 Å². The van der Waals surface area contributed by atoms with Gasteiger partial charge in [-0.1, -0.05) is 42.0 Å². The molecule has 1 aromatic carbocycles. The summed E-state index contributed by atoms with van der Waals surface area (Å²) >= 11 is 0. The summed E-state index contributed by atoms with van der Waals surface area (Å²) in [6.45, 7) is 1.80. The van der Waals surface area contributed by atoms with Crippen molar-refractivity contribution in [2.24, 2.45) is 5.41 Å². The van der Waals surface area contributed by atoms with Crippen LogP contribution in [0.15, 0.2) is 36.4 Å². The highest BCUT2D eigenvalue weighted by atomic mass is 16.5. The zero-order chi connectivity index (χ0) is 16.6. The average molecular weight is 306 g/mol. The molecule has 1 aromatic rings. The fraction of sp³-hybridized carbons (Fsp3) is 0.412. The largest absolute Gasteiger partial charge is 0.468 e. The van der Waals surface area contributed by atoms with E-state index in [0.29, 0.717) is 0 Å². The van der Waals surface area contributed by atoms with Crippen LogP contribution in [0.4, 0.5) is 0 Å². The summed E-state index contributed by atoms with van der Waals surface area (Å²) < 4.78 is 9.66. The van der Waals surface area contributed by atoms with Gasteiger partial charge in [0.1, 0.15) is 0 Å². The van der Waals surface area contributed by atoms with Gasteiger partial charge in [0.05, 0.1) is 20.8 Å². The lowest BCUT2D eigenvalue weighted by Crippen LogP contribution is -2.43. The third-order valence-electron chi connectivity index (χ3n) is 3.52. The molecule has 1 N–H and O–H groups in total. The van der Waals surface area contributed by atoms with Crippen molar-refractivity contribution in [1.29, 1.82) is 0 Å². The number of carbonyl (C=O) groups is 2. The van der Waals surface area contributed by atoms with Crippen LogP contribution >= 0.6 is 0 Å². The predicted molar refractivity (Wildman–Crippen MR) is 82.2 cm³/mol. The van der Waals surface area contributed by atoms with Crippen LogP contribution in [-0.2, 0) is 25.5 Å². The molecule has 0 aliphatic heterocycles. The van der Waals surface area contributed by atoms with E-state index in [0.717, 1.165) is 11.1 Å². The van der Waals surface area contributed by atoms with Gasteiger partial charge in [0, 0.05) is 0 Å². The number of esters is 2. The van der Waals surface area contributed by atoms with E-state index < -0.39 is 17.4 Å². The van der Waals surface area contributed by atoms with Crippen molar-refractivity contribution < 1.29 is 24.2 Å². The zero-order valence-corrected chi connectivity index (χ0v) is 13.2. The number of hydrogen-bond donors (Lipinski definition) is 1. The van der Waals surface area contributed by atoms with E-state index in [1.807, 2.05) is 31.2 Å². The van der Waals surface area contributed by atoms with Crippen LogP contribution in [0.3, 0.4) is 0 Å². The van der Waals surface area contributed by atoms with E-state index in [1.54, 1.807) is 6.08 Å². The van der Waals surface area contributed by atoms with E-state index in [2.05, 4.69) is 0 Å². The third kappa shape index (κ3) is 4.18. The Morgan fingerprint density at radius 1 is 1.09 bits per heavy atom. The van der Waals surface area contributed by atoms with Gasteiger partial charge in [0.15, 0.2) is 5.41 Å². The second kappa shape index (κ2) is 8.34. The maximum atomic E-state index is 12.3. The van der Waals surface area contributed by atoms with Gasteiger partial charge < -0.3 is 14.6 Å². The van der Waals surface area contributed by atoms with Crippen LogP contribution in [-0.4, -0.2) is 37.9 Å². The quantitative estimate of drug-likeness (QED) is 0.472. The molecule has 0 aromatic heterocycles. The Kier molecular flexibility index (Phi) is 6.79. The first-order valence-electron chi connectivity index (χ1n) is 6.98. The van der Waals surface area contributed by atoms with Gasteiger partial charge >= 0.3 is 11.9 Å². The number of aliphatic hydroxyl groups is 1. The van der Waals surface area contributed by atoms with Crippen LogP contribution in [0.5, 0.6) is 0 Å². The minimum atomic E-state index is -1.45. The fourth-order valence-electron chi connectivity index (χ4n) is 2.27. The van der Waals surface area contributed by atoms with Crippen LogP contribution < -0.4 is 0 Å². The zero-order valence-electron chi connectivity index (χ0n) is 13.2. The molecule has 0 amide bonds. The first-order chi connectivity index (χ1) is 10.5. The van der Waals surface area contributed by atoms with E-state index in [4.69, 9.17) is 14.6 Å². The van der Waals surface area contributed by atoms with E-state index in [1.165, 1.54) is 20.3 Å². The van der Waals surface area contributed by atoms with E-state index in [9.17, 15) is 9.59 Å². The first-order valence-corrected chi connectivity index (χ1v) is 6.98. The Balaban J connectivity index is 3.21. The molecule has 5 nitrogen and oxygen atoms in total. The second-order valence-electron chi connectivity index (χ2n) is 5.09. The molecule has 120 valence electrons. The number of aliphatic hydroxyl groups excluding tert-OH is 1. The van der Waals surface area contributed by atoms with Gasteiger partial charge in [-0.3, -0.25) is 9.59 Å². The van der Waals surface area contributed by atoms with Crippen molar-refractivity contribution in [3.05, 3.63) is 47.5 Å². The number of rotatable bonds is 7. The monoisotopic (exact) mass is 306 g/mol. The lowest BCUT2D eigenvalue weighted by molar-refractivity contribution is -0.168. The Hall–Kier alpha value is -2.14. The van der Waals surface area contributed by atoms with Crippen molar-refractivity contribution in [2.45, 2.75) is 19.8 Å². The molecular weight excluding hydrogens is 284 g/mol. The molecule has 0 radical (unpaired) electrons. The Bertz CT molecular complexity index is 514. The summed E-state index contributed by atoms with van der Waals surface area (Å²) in [4.78, 5) is 24.6. The maximum Gasteiger partial charge on any atom is 0.323 e. The fourth-order valence-corrected chi connectivity index (χ4v) is 2.27. The molecule has 0 fully saturated rings. The van der Waals surface area contributed by atoms with Gasteiger partial charge in [0.25, 0.3) is 0 Å². The van der Waals surface area contributed by atoms with Gasteiger partial charge in [-0.2, -0.15) is 0 Å². The van der Waals surface area contributed by atoms with Gasteiger partial charge in [-0.15, -0.1) is 0 Å². The highest BCUT2D eigenvalue weighted by Gasteiger charge is 2.47. The van der Waals surface area contributed by atoms with Gasteiger partial charge in [-0.05, 0) is 25.3 Å². The molecule has 0 saturated heterocycles. The first kappa shape index (κ1) is 17.9. The molecule has 0 atom stereocenters. The molecule has 0 spiro atoms. The molecule has 22 heavy (non-hydrogen) atoms. The van der Waals surface area contributed by atoms with E-state index >= 15 is 0 Å². The summed E-state index contributed by atoms with van der Waals surface area (Å²) in [5.41, 5.74) is 0.467. The molecule has 0 aliphatic carbocycles. The summed E-state index contributed by atoms with van der Waals surface area (Å²) in [6.07, 6.45) is 3.33. The number of methoxy groups -OCH3 is 2. The molecule has 0 unspecified atom stereocenters. The standard InChI is InChI=1S/C17H22O5/c1-13-6-8-14(9-7-13)12-17(15(19)21-2,16(20)22-3)10-4-5-11-18/h4-9,18H,10-12H2,1-3H3/b5-4+. The third-order valence-corrected chi connectivity index (χ3v) is 3.52. The molecule has 5 heteroatoms. The second-order valence-corrected chi connectivity index (χ2v) is 5.09. The normalized spacial score (nSPS) is 11.5. The smallest absolute Gasteiger partial charge is 0.323 e. The number of hydrogen-bond acceptors (Lipinski definition) is 5. The van der Waals surface area contributed by atoms with Crippen molar-refractivity contribution >= 4 is 11.9 Å². The maximum absolute atomic E-state index is 12.3. The van der Waals surface area contributed by atoms with Crippen molar-refractivity contribution in [2.75, 3.05) is 20.8 Å². The van der Waals surface area contributed by atoms with Crippen molar-refractivity contribution in [3.63, 3.8) is 0 Å². The number of ether oxygens (including phenoxy) is 2. The molecule has 0 bridgehead atoms. The van der Waals surface area contributed by atoms with Crippen LogP contribution in [0.1, 0.15) is 17.5 Å². The highest BCUT2D eigenvalue weighted by Crippen LogP contribution is 2.31. The summed E-state index contributed by atoms with van der Waals surface area (Å²) in [7, 11) is 2.48. The molecule has 0 saturated carbocycles. The average Bonchev–Trinajstić information content (AvgIpc) is 2.54. The predicted octanol–water partition coefficient (Wildman–Crippen LogP) is 1.81. The molecule has 0 heterocycles. The van der Waals surface area contributed by atoms with Crippen LogP contribution in [0.25, 0.3) is 0 Å². The number of benzene rings is 1. The Morgan fingerprint density at radius 3 is 2.09 bits per heavy atom. The minimum Gasteiger partial charge on any atom is -0.468 e. The topological polar surface area (TPSA) is 72.8 Å². The lowest BCUT2D eigenvalue weighted by Gasteiger charge is -2.27. The lowest BCUT2D eigenvalue weighted by atomic mass is 9.78. The van der Waals surface area contributed by atoms with Crippen molar-refractivity contribution in [3.8, 4) is 0 Å². The van der Waals surface area contributed by atoms with Crippen LogP contribution in [0.2, 0.25) is 0 Å². The van der Waals surface area contributed by atoms with Gasteiger partial charge in [0.2, 0.25) is 0 Å².